The Bertz CT molecular complexity index is 310. The number of thioether (sulfide) groups is 1. The highest BCUT2D eigenvalue weighted by Gasteiger charge is 2.03. The fourth-order valence-electron chi connectivity index (χ4n) is 1.32. The van der Waals surface area contributed by atoms with Crippen molar-refractivity contribution in [3.05, 3.63) is 42.5 Å². The van der Waals surface area contributed by atoms with E-state index in [4.69, 9.17) is 5.73 Å². The van der Waals surface area contributed by atoms with E-state index in [1.807, 2.05) is 30.3 Å². The molecule has 0 spiro atoms. The van der Waals surface area contributed by atoms with Gasteiger partial charge in [-0.25, -0.2) is 0 Å². The van der Waals surface area contributed by atoms with E-state index in [2.05, 4.69) is 6.58 Å². The van der Waals surface area contributed by atoms with Gasteiger partial charge in [0, 0.05) is 17.2 Å². The molecule has 1 aromatic carbocycles. The van der Waals surface area contributed by atoms with Crippen molar-refractivity contribution in [2.24, 2.45) is 0 Å². The summed E-state index contributed by atoms with van der Waals surface area (Å²) in [6.07, 6.45) is 3.30. The topological polar surface area (TPSA) is 46.2 Å². The van der Waals surface area contributed by atoms with Crippen LogP contribution in [-0.2, 0) is 5.75 Å². The van der Waals surface area contributed by atoms with Gasteiger partial charge >= 0.3 is 0 Å². The lowest BCUT2D eigenvalue weighted by Gasteiger charge is -2.08. The van der Waals surface area contributed by atoms with Crippen molar-refractivity contribution in [1.29, 1.82) is 0 Å². The van der Waals surface area contributed by atoms with Crippen LogP contribution >= 0.6 is 11.8 Å². The van der Waals surface area contributed by atoms with Crippen LogP contribution in [0.2, 0.25) is 0 Å². The first-order chi connectivity index (χ1) is 7.72. The lowest BCUT2D eigenvalue weighted by atomic mass is 10.2. The fourth-order valence-corrected chi connectivity index (χ4v) is 2.30. The minimum absolute atomic E-state index is 0.225. The molecule has 2 nitrogen and oxygen atoms in total. The first-order valence-corrected chi connectivity index (χ1v) is 6.59. The Balaban J connectivity index is 2.19. The van der Waals surface area contributed by atoms with E-state index in [1.54, 1.807) is 11.8 Å². The molecule has 0 bridgehead atoms. The summed E-state index contributed by atoms with van der Waals surface area (Å²) >= 11 is 1.75. The standard InChI is InChI=1S/C13H19NOS/c1-2-3-4-13(15)10-16-9-11-5-7-12(14)8-6-11/h2,5-8,13,15H,1,3-4,9-10,14H2. The van der Waals surface area contributed by atoms with Crippen LogP contribution in [0.15, 0.2) is 36.9 Å². The van der Waals surface area contributed by atoms with Crippen molar-refractivity contribution in [3.63, 3.8) is 0 Å². The number of hydrogen-bond donors (Lipinski definition) is 2. The first-order valence-electron chi connectivity index (χ1n) is 5.43. The van der Waals surface area contributed by atoms with Gasteiger partial charge in [0.1, 0.15) is 0 Å². The molecule has 0 radical (unpaired) electrons. The zero-order valence-corrected chi connectivity index (χ0v) is 10.2. The normalized spacial score (nSPS) is 12.3. The lowest BCUT2D eigenvalue weighted by molar-refractivity contribution is 0.190. The SMILES string of the molecule is C=CCCC(O)CSCc1ccc(N)cc1. The molecule has 1 unspecified atom stereocenters. The molecule has 0 aliphatic rings. The van der Waals surface area contributed by atoms with Crippen molar-refractivity contribution in [1.82, 2.24) is 0 Å². The Morgan fingerprint density at radius 2 is 2.06 bits per heavy atom. The van der Waals surface area contributed by atoms with Crippen LogP contribution in [0.1, 0.15) is 18.4 Å². The van der Waals surface area contributed by atoms with Crippen LogP contribution in [0.3, 0.4) is 0 Å². The summed E-state index contributed by atoms with van der Waals surface area (Å²) < 4.78 is 0. The molecular weight excluding hydrogens is 218 g/mol. The second kappa shape index (κ2) is 7.36. The zero-order valence-electron chi connectivity index (χ0n) is 9.43. The zero-order chi connectivity index (χ0) is 11.8. The molecule has 1 atom stereocenters. The first kappa shape index (κ1) is 13.1. The number of anilines is 1. The summed E-state index contributed by atoms with van der Waals surface area (Å²) in [5.74, 6) is 1.70. The largest absolute Gasteiger partial charge is 0.399 e. The Labute approximate surface area is 102 Å². The minimum Gasteiger partial charge on any atom is -0.399 e. The predicted octanol–water partition coefficient (Wildman–Crippen LogP) is 2.83. The summed E-state index contributed by atoms with van der Waals surface area (Å²) in [5.41, 5.74) is 7.64. The quantitative estimate of drug-likeness (QED) is 0.566. The van der Waals surface area contributed by atoms with Crippen molar-refractivity contribution in [2.45, 2.75) is 24.7 Å². The van der Waals surface area contributed by atoms with Gasteiger partial charge in [0.25, 0.3) is 0 Å². The fraction of sp³-hybridized carbons (Fsp3) is 0.385. The third kappa shape index (κ3) is 5.24. The number of benzene rings is 1. The Hall–Kier alpha value is -0.930. The molecule has 3 N–H and O–H groups in total. The van der Waals surface area contributed by atoms with Gasteiger partial charge in [0.2, 0.25) is 0 Å². The van der Waals surface area contributed by atoms with E-state index < -0.39 is 0 Å². The highest BCUT2D eigenvalue weighted by Crippen LogP contribution is 2.16. The third-order valence-corrected chi connectivity index (χ3v) is 3.42. The smallest absolute Gasteiger partial charge is 0.0633 e. The number of rotatable bonds is 7. The number of allylic oxidation sites excluding steroid dienone is 1. The molecule has 88 valence electrons. The van der Waals surface area contributed by atoms with Crippen molar-refractivity contribution < 1.29 is 5.11 Å². The molecular formula is C13H19NOS. The number of nitrogens with two attached hydrogens (primary N) is 1. The summed E-state index contributed by atoms with van der Waals surface area (Å²) in [7, 11) is 0. The molecule has 1 rings (SSSR count). The Kier molecular flexibility index (Phi) is 6.04. The minimum atomic E-state index is -0.225. The molecule has 16 heavy (non-hydrogen) atoms. The molecule has 0 amide bonds. The molecule has 1 aromatic rings. The van der Waals surface area contributed by atoms with Crippen LogP contribution in [0.5, 0.6) is 0 Å². The molecule has 3 heteroatoms. The maximum absolute atomic E-state index is 9.61. The van der Waals surface area contributed by atoms with E-state index >= 15 is 0 Å². The van der Waals surface area contributed by atoms with Gasteiger partial charge in [0.15, 0.2) is 0 Å². The maximum atomic E-state index is 9.61. The van der Waals surface area contributed by atoms with Crippen molar-refractivity contribution >= 4 is 17.4 Å². The Morgan fingerprint density at radius 3 is 2.69 bits per heavy atom. The predicted molar refractivity (Wildman–Crippen MR) is 72.5 cm³/mol. The molecule has 0 fully saturated rings. The molecule has 0 saturated heterocycles. The van der Waals surface area contributed by atoms with E-state index in [0.29, 0.717) is 0 Å². The van der Waals surface area contributed by atoms with Crippen LogP contribution in [0.25, 0.3) is 0 Å². The highest BCUT2D eigenvalue weighted by molar-refractivity contribution is 7.98. The maximum Gasteiger partial charge on any atom is 0.0633 e. The average Bonchev–Trinajstić information content (AvgIpc) is 2.29. The van der Waals surface area contributed by atoms with E-state index in [1.165, 1.54) is 5.56 Å². The van der Waals surface area contributed by atoms with Gasteiger partial charge in [-0.3, -0.25) is 0 Å². The highest BCUT2D eigenvalue weighted by atomic mass is 32.2. The third-order valence-electron chi connectivity index (χ3n) is 2.26. The van der Waals surface area contributed by atoms with Gasteiger partial charge in [0.05, 0.1) is 6.10 Å². The van der Waals surface area contributed by atoms with Crippen LogP contribution in [-0.4, -0.2) is 17.0 Å². The second-order valence-electron chi connectivity index (χ2n) is 3.78. The van der Waals surface area contributed by atoms with Crippen LogP contribution in [0, 0.1) is 0 Å². The average molecular weight is 237 g/mol. The van der Waals surface area contributed by atoms with Gasteiger partial charge < -0.3 is 10.8 Å². The summed E-state index contributed by atoms with van der Waals surface area (Å²) in [6, 6.07) is 7.87. The molecule has 0 aliphatic heterocycles. The van der Waals surface area contributed by atoms with Crippen LogP contribution < -0.4 is 5.73 Å². The summed E-state index contributed by atoms with van der Waals surface area (Å²) in [4.78, 5) is 0. The van der Waals surface area contributed by atoms with Crippen molar-refractivity contribution in [2.75, 3.05) is 11.5 Å². The van der Waals surface area contributed by atoms with E-state index in [9.17, 15) is 5.11 Å². The number of hydrogen-bond acceptors (Lipinski definition) is 3. The van der Waals surface area contributed by atoms with Crippen molar-refractivity contribution in [3.8, 4) is 0 Å². The van der Waals surface area contributed by atoms with Gasteiger partial charge in [-0.15, -0.1) is 6.58 Å². The van der Waals surface area contributed by atoms with Gasteiger partial charge in [-0.05, 0) is 30.5 Å². The molecule has 0 heterocycles. The number of nitrogen functional groups attached to an aromatic ring is 1. The second-order valence-corrected chi connectivity index (χ2v) is 4.81. The van der Waals surface area contributed by atoms with Gasteiger partial charge in [-0.2, -0.15) is 11.8 Å². The number of aliphatic hydroxyl groups excluding tert-OH is 1. The Morgan fingerprint density at radius 1 is 1.38 bits per heavy atom. The van der Waals surface area contributed by atoms with Crippen LogP contribution in [0.4, 0.5) is 5.69 Å². The lowest BCUT2D eigenvalue weighted by Crippen LogP contribution is -2.09. The molecule has 0 saturated carbocycles. The molecule has 0 aliphatic carbocycles. The van der Waals surface area contributed by atoms with E-state index in [-0.39, 0.29) is 6.10 Å². The summed E-state index contributed by atoms with van der Waals surface area (Å²) in [5, 5.41) is 9.61. The van der Waals surface area contributed by atoms with Gasteiger partial charge in [-0.1, -0.05) is 18.2 Å². The number of aliphatic hydroxyl groups is 1. The van der Waals surface area contributed by atoms with E-state index in [0.717, 1.165) is 30.0 Å². The molecule has 0 aromatic heterocycles. The monoisotopic (exact) mass is 237 g/mol. The summed E-state index contributed by atoms with van der Waals surface area (Å²) in [6.45, 7) is 3.64.